The van der Waals surface area contributed by atoms with Crippen LogP contribution in [0.25, 0.3) is 0 Å². The lowest BCUT2D eigenvalue weighted by Gasteiger charge is -2.36. The molecule has 1 aromatic heterocycles. The molecule has 1 saturated heterocycles. The molecule has 2 N–H and O–H groups in total. The van der Waals surface area contributed by atoms with E-state index >= 15 is 0 Å². The van der Waals surface area contributed by atoms with Gasteiger partial charge in [-0.2, -0.15) is 0 Å². The van der Waals surface area contributed by atoms with E-state index < -0.39 is 0 Å². The Labute approximate surface area is 107 Å². The van der Waals surface area contributed by atoms with Gasteiger partial charge in [-0.25, -0.2) is 9.97 Å². The molecule has 0 amide bonds. The Kier molecular flexibility index (Phi) is 4.62. The van der Waals surface area contributed by atoms with E-state index in [1.165, 1.54) is 19.3 Å². The molecule has 1 aliphatic rings. The van der Waals surface area contributed by atoms with Crippen LogP contribution in [0.1, 0.15) is 25.7 Å². The summed E-state index contributed by atoms with van der Waals surface area (Å²) in [5.74, 6) is 1.06. The Balaban J connectivity index is 2.16. The Hall–Kier alpha value is -0.810. The fourth-order valence-electron chi connectivity index (χ4n) is 2.39. The van der Waals surface area contributed by atoms with Crippen molar-refractivity contribution in [1.82, 2.24) is 9.97 Å². The predicted octanol–water partition coefficient (Wildman–Crippen LogP) is 1.91. The van der Waals surface area contributed by atoms with Crippen LogP contribution in [0.3, 0.4) is 0 Å². The van der Waals surface area contributed by atoms with E-state index in [2.05, 4.69) is 20.9 Å². The zero-order valence-electron chi connectivity index (χ0n) is 10.3. The third kappa shape index (κ3) is 3.10. The van der Waals surface area contributed by atoms with Crippen molar-refractivity contribution in [3.8, 4) is 0 Å². The number of aromatic nitrogens is 2. The molecule has 5 heteroatoms. The summed E-state index contributed by atoms with van der Waals surface area (Å²) in [4.78, 5) is 11.0. The summed E-state index contributed by atoms with van der Waals surface area (Å²) >= 11 is 1.66. The van der Waals surface area contributed by atoms with Crippen molar-refractivity contribution in [2.24, 2.45) is 5.73 Å². The second-order valence-corrected chi connectivity index (χ2v) is 5.17. The Morgan fingerprint density at radius 1 is 1.47 bits per heavy atom. The number of thioether (sulfide) groups is 1. The monoisotopic (exact) mass is 252 g/mol. The number of piperidine rings is 1. The van der Waals surface area contributed by atoms with Crippen molar-refractivity contribution in [2.45, 2.75) is 36.8 Å². The van der Waals surface area contributed by atoms with E-state index in [1.54, 1.807) is 18.1 Å². The van der Waals surface area contributed by atoms with Gasteiger partial charge in [0.1, 0.15) is 17.2 Å². The lowest BCUT2D eigenvalue weighted by molar-refractivity contribution is 0.438. The van der Waals surface area contributed by atoms with Crippen LogP contribution in [0.4, 0.5) is 5.82 Å². The molecule has 0 saturated carbocycles. The van der Waals surface area contributed by atoms with E-state index in [0.717, 1.165) is 30.4 Å². The van der Waals surface area contributed by atoms with Gasteiger partial charge in [0.05, 0.1) is 0 Å². The highest BCUT2D eigenvalue weighted by atomic mass is 32.2. The van der Waals surface area contributed by atoms with Gasteiger partial charge >= 0.3 is 0 Å². The van der Waals surface area contributed by atoms with Crippen molar-refractivity contribution < 1.29 is 0 Å². The second kappa shape index (κ2) is 6.21. The molecule has 0 aromatic carbocycles. The van der Waals surface area contributed by atoms with Gasteiger partial charge in [-0.3, -0.25) is 0 Å². The molecular weight excluding hydrogens is 232 g/mol. The number of anilines is 1. The van der Waals surface area contributed by atoms with E-state index in [-0.39, 0.29) is 0 Å². The molecule has 1 fully saturated rings. The molecule has 0 spiro atoms. The average molecular weight is 252 g/mol. The van der Waals surface area contributed by atoms with Gasteiger partial charge in [0.15, 0.2) is 0 Å². The van der Waals surface area contributed by atoms with Crippen LogP contribution in [0.15, 0.2) is 17.4 Å². The summed E-state index contributed by atoms with van der Waals surface area (Å²) < 4.78 is 0. The normalized spacial score (nSPS) is 20.6. The predicted molar refractivity (Wildman–Crippen MR) is 72.5 cm³/mol. The standard InChI is InChI=1S/C12H20N4S/c1-17-12-8-11(14-9-15-12)16-7-3-2-4-10(16)5-6-13/h8-10H,2-7,13H2,1H3. The lowest BCUT2D eigenvalue weighted by atomic mass is 9.99. The van der Waals surface area contributed by atoms with Crippen molar-refractivity contribution in [1.29, 1.82) is 0 Å². The van der Waals surface area contributed by atoms with E-state index in [0.29, 0.717) is 6.04 Å². The highest BCUT2D eigenvalue weighted by Gasteiger charge is 2.22. The highest BCUT2D eigenvalue weighted by molar-refractivity contribution is 7.98. The molecule has 1 aliphatic heterocycles. The average Bonchev–Trinajstić information content (AvgIpc) is 2.40. The largest absolute Gasteiger partial charge is 0.353 e. The summed E-state index contributed by atoms with van der Waals surface area (Å²) in [5, 5.41) is 1.03. The molecule has 1 atom stereocenters. The molecule has 1 aromatic rings. The topological polar surface area (TPSA) is 55.0 Å². The maximum atomic E-state index is 5.69. The van der Waals surface area contributed by atoms with E-state index in [9.17, 15) is 0 Å². The Bertz CT molecular complexity index is 356. The van der Waals surface area contributed by atoms with Crippen molar-refractivity contribution in [3.63, 3.8) is 0 Å². The maximum Gasteiger partial charge on any atom is 0.133 e. The summed E-state index contributed by atoms with van der Waals surface area (Å²) in [6.45, 7) is 1.84. The van der Waals surface area contributed by atoms with Crippen molar-refractivity contribution in [2.75, 3.05) is 24.2 Å². The fourth-order valence-corrected chi connectivity index (χ4v) is 2.77. The minimum absolute atomic E-state index is 0.554. The van der Waals surface area contributed by atoms with Crippen molar-refractivity contribution >= 4 is 17.6 Å². The second-order valence-electron chi connectivity index (χ2n) is 4.34. The molecule has 4 nitrogen and oxygen atoms in total. The molecule has 94 valence electrons. The van der Waals surface area contributed by atoms with Gasteiger partial charge in [-0.05, 0) is 38.5 Å². The third-order valence-electron chi connectivity index (χ3n) is 3.26. The summed E-state index contributed by atoms with van der Waals surface area (Å²) in [6, 6.07) is 2.64. The zero-order chi connectivity index (χ0) is 12.1. The molecule has 0 aliphatic carbocycles. The lowest BCUT2D eigenvalue weighted by Crippen LogP contribution is -2.41. The first kappa shape index (κ1) is 12.6. The van der Waals surface area contributed by atoms with Gasteiger partial charge < -0.3 is 10.6 Å². The first-order chi connectivity index (χ1) is 8.35. The van der Waals surface area contributed by atoms with Crippen LogP contribution >= 0.6 is 11.8 Å². The quantitative estimate of drug-likeness (QED) is 0.655. The molecule has 17 heavy (non-hydrogen) atoms. The van der Waals surface area contributed by atoms with Crippen LogP contribution in [0, 0.1) is 0 Å². The molecule has 2 heterocycles. The van der Waals surface area contributed by atoms with Gasteiger partial charge in [-0.15, -0.1) is 11.8 Å². The van der Waals surface area contributed by atoms with Crippen LogP contribution in [0.2, 0.25) is 0 Å². The minimum Gasteiger partial charge on any atom is -0.353 e. The van der Waals surface area contributed by atoms with E-state index in [1.807, 2.05) is 6.26 Å². The van der Waals surface area contributed by atoms with Crippen LogP contribution in [-0.4, -0.2) is 35.4 Å². The number of nitrogens with zero attached hydrogens (tertiary/aromatic N) is 3. The van der Waals surface area contributed by atoms with Crippen molar-refractivity contribution in [3.05, 3.63) is 12.4 Å². The summed E-state index contributed by atoms with van der Waals surface area (Å²) in [5.41, 5.74) is 5.69. The summed E-state index contributed by atoms with van der Waals surface area (Å²) in [7, 11) is 0. The van der Waals surface area contributed by atoms with Gasteiger partial charge in [0.2, 0.25) is 0 Å². The molecule has 1 unspecified atom stereocenters. The molecule has 0 radical (unpaired) electrons. The molecular formula is C12H20N4S. The van der Waals surface area contributed by atoms with Gasteiger partial charge in [-0.1, -0.05) is 0 Å². The fraction of sp³-hybridized carbons (Fsp3) is 0.667. The van der Waals surface area contributed by atoms with Crippen LogP contribution in [0.5, 0.6) is 0 Å². The maximum absolute atomic E-state index is 5.69. The molecule has 2 rings (SSSR count). The minimum atomic E-state index is 0.554. The number of nitrogens with two attached hydrogens (primary N) is 1. The molecule has 0 bridgehead atoms. The van der Waals surface area contributed by atoms with Gasteiger partial charge in [0, 0.05) is 18.7 Å². The number of hydrogen-bond acceptors (Lipinski definition) is 5. The van der Waals surface area contributed by atoms with Crippen LogP contribution < -0.4 is 10.6 Å². The van der Waals surface area contributed by atoms with Gasteiger partial charge in [0.25, 0.3) is 0 Å². The third-order valence-corrected chi connectivity index (χ3v) is 3.90. The first-order valence-electron chi connectivity index (χ1n) is 6.18. The Morgan fingerprint density at radius 2 is 2.35 bits per heavy atom. The Morgan fingerprint density at radius 3 is 3.12 bits per heavy atom. The summed E-state index contributed by atoms with van der Waals surface area (Å²) in [6.07, 6.45) is 8.55. The number of hydrogen-bond donors (Lipinski definition) is 1. The van der Waals surface area contributed by atoms with E-state index in [4.69, 9.17) is 5.73 Å². The first-order valence-corrected chi connectivity index (χ1v) is 7.40. The zero-order valence-corrected chi connectivity index (χ0v) is 11.1. The number of rotatable bonds is 4. The smallest absolute Gasteiger partial charge is 0.133 e. The van der Waals surface area contributed by atoms with Crippen LogP contribution in [-0.2, 0) is 0 Å². The SMILES string of the molecule is CSc1cc(N2CCCCC2CCN)ncn1. The highest BCUT2D eigenvalue weighted by Crippen LogP contribution is 2.26.